The number of hydrogen-bond acceptors (Lipinski definition) is 3. The van der Waals surface area contributed by atoms with Crippen LogP contribution in [-0.2, 0) is 6.42 Å². The van der Waals surface area contributed by atoms with Crippen molar-refractivity contribution in [3.8, 4) is 11.1 Å². The predicted octanol–water partition coefficient (Wildman–Crippen LogP) is 5.73. The molecule has 0 saturated carbocycles. The number of fused-ring (bicyclic) bond motifs is 1. The molecule has 2 aromatic carbocycles. The normalized spacial score (nSPS) is 12.5. The number of benzene rings is 2. The van der Waals surface area contributed by atoms with Gasteiger partial charge < -0.3 is 5.11 Å². The molecule has 0 bridgehead atoms. The van der Waals surface area contributed by atoms with Crippen LogP contribution < -0.4 is 0 Å². The summed E-state index contributed by atoms with van der Waals surface area (Å²) in [5, 5.41) is 9.27. The van der Waals surface area contributed by atoms with Crippen LogP contribution in [0.3, 0.4) is 0 Å². The second-order valence-electron chi connectivity index (χ2n) is 6.99. The molecular weight excluding hydrogens is 351 g/mol. The van der Waals surface area contributed by atoms with Gasteiger partial charge in [-0.2, -0.15) is 0 Å². The summed E-state index contributed by atoms with van der Waals surface area (Å²) in [6.45, 7) is 5.49. The van der Waals surface area contributed by atoms with Crippen molar-refractivity contribution in [1.29, 1.82) is 0 Å². The van der Waals surface area contributed by atoms with Crippen LogP contribution in [0.2, 0.25) is 0 Å². The Morgan fingerprint density at radius 3 is 2.79 bits per heavy atom. The molecule has 1 unspecified atom stereocenters. The summed E-state index contributed by atoms with van der Waals surface area (Å²) in [5.74, 6) is -0.247. The van der Waals surface area contributed by atoms with Gasteiger partial charge in [-0.25, -0.2) is 9.37 Å². The first kappa shape index (κ1) is 19.9. The van der Waals surface area contributed by atoms with Crippen LogP contribution in [0.15, 0.2) is 61.3 Å². The molecule has 0 spiro atoms. The molecule has 3 rings (SSSR count). The fraction of sp³-hybridized carbons (Fsp3) is 0.250. The molecule has 144 valence electrons. The van der Waals surface area contributed by atoms with Crippen molar-refractivity contribution in [3.05, 3.63) is 78.4 Å². The maximum atomic E-state index is 14.5. The number of aliphatic hydroxyl groups is 1. The number of rotatable bonds is 8. The first-order valence-electron chi connectivity index (χ1n) is 9.58. The number of aliphatic hydroxyl groups excluding tert-OH is 1. The summed E-state index contributed by atoms with van der Waals surface area (Å²) in [7, 11) is 0. The van der Waals surface area contributed by atoms with E-state index < -0.39 is 0 Å². The summed E-state index contributed by atoms with van der Waals surface area (Å²) in [4.78, 5) is 9.08. The summed E-state index contributed by atoms with van der Waals surface area (Å²) in [6.07, 6.45) is 10.5. The van der Waals surface area contributed by atoms with Crippen LogP contribution >= 0.6 is 0 Å². The highest BCUT2D eigenvalue weighted by Crippen LogP contribution is 2.26. The zero-order valence-corrected chi connectivity index (χ0v) is 16.1. The van der Waals surface area contributed by atoms with Crippen molar-refractivity contribution in [2.75, 3.05) is 0 Å². The van der Waals surface area contributed by atoms with E-state index in [-0.39, 0.29) is 11.9 Å². The lowest BCUT2D eigenvalue weighted by molar-refractivity contribution is 0.182. The van der Waals surface area contributed by atoms with Gasteiger partial charge in [0.2, 0.25) is 0 Å². The highest BCUT2D eigenvalue weighted by molar-refractivity contribution is 5.82. The zero-order chi connectivity index (χ0) is 19.9. The first-order chi connectivity index (χ1) is 13.6. The predicted molar refractivity (Wildman–Crippen MR) is 113 cm³/mol. The number of aromatic nitrogens is 2. The van der Waals surface area contributed by atoms with Crippen LogP contribution in [0.1, 0.15) is 37.4 Å². The summed E-state index contributed by atoms with van der Waals surface area (Å²) >= 11 is 0. The molecule has 0 amide bonds. The maximum Gasteiger partial charge on any atom is 0.131 e. The monoisotopic (exact) mass is 376 g/mol. The van der Waals surface area contributed by atoms with E-state index in [9.17, 15) is 9.50 Å². The molecule has 0 radical (unpaired) electrons. The average molecular weight is 376 g/mol. The third-order valence-electron chi connectivity index (χ3n) is 4.57. The van der Waals surface area contributed by atoms with Gasteiger partial charge in [-0.05, 0) is 68.0 Å². The number of nitrogens with zero attached hydrogens (tertiary/aromatic N) is 2. The van der Waals surface area contributed by atoms with E-state index in [1.54, 1.807) is 31.3 Å². The topological polar surface area (TPSA) is 46.0 Å². The van der Waals surface area contributed by atoms with Gasteiger partial charge in [-0.1, -0.05) is 30.4 Å². The van der Waals surface area contributed by atoms with E-state index in [0.717, 1.165) is 47.1 Å². The van der Waals surface area contributed by atoms with Crippen molar-refractivity contribution >= 4 is 17.1 Å². The van der Waals surface area contributed by atoms with Crippen LogP contribution in [-0.4, -0.2) is 21.2 Å². The Hall–Kier alpha value is -2.85. The molecule has 1 aromatic heterocycles. The lowest BCUT2D eigenvalue weighted by Crippen LogP contribution is -1.97. The molecule has 0 fully saturated rings. The van der Waals surface area contributed by atoms with E-state index in [2.05, 4.69) is 16.5 Å². The second-order valence-corrected chi connectivity index (χ2v) is 6.99. The fourth-order valence-corrected chi connectivity index (χ4v) is 3.09. The number of unbranched alkanes of at least 4 members (excludes halogenated alkanes) is 1. The minimum Gasteiger partial charge on any atom is -0.393 e. The molecule has 1 N–H and O–H groups in total. The minimum atomic E-state index is -0.258. The third kappa shape index (κ3) is 5.11. The van der Waals surface area contributed by atoms with E-state index in [1.807, 2.05) is 36.4 Å². The number of hydrogen-bond donors (Lipinski definition) is 1. The Bertz CT molecular complexity index is 995. The molecule has 0 aliphatic carbocycles. The second kappa shape index (κ2) is 9.38. The Morgan fingerprint density at radius 1 is 1.18 bits per heavy atom. The minimum absolute atomic E-state index is 0.247. The molecule has 3 nitrogen and oxygen atoms in total. The van der Waals surface area contributed by atoms with Crippen molar-refractivity contribution in [3.63, 3.8) is 0 Å². The molecule has 0 saturated heterocycles. The van der Waals surface area contributed by atoms with Gasteiger partial charge in [-0.15, -0.1) is 6.58 Å². The molecule has 0 aliphatic heterocycles. The van der Waals surface area contributed by atoms with E-state index in [4.69, 9.17) is 0 Å². The highest BCUT2D eigenvalue weighted by atomic mass is 19.1. The first-order valence-corrected chi connectivity index (χ1v) is 9.58. The Labute approximate surface area is 165 Å². The van der Waals surface area contributed by atoms with Gasteiger partial charge in [-0.3, -0.25) is 4.98 Å². The van der Waals surface area contributed by atoms with Crippen LogP contribution in [0.4, 0.5) is 4.39 Å². The highest BCUT2D eigenvalue weighted by Gasteiger charge is 2.08. The quantitative estimate of drug-likeness (QED) is 0.403. The summed E-state index contributed by atoms with van der Waals surface area (Å²) in [5.41, 5.74) is 4.54. The molecule has 1 atom stereocenters. The molecule has 4 heteroatoms. The van der Waals surface area contributed by atoms with Gasteiger partial charge in [0.05, 0.1) is 29.0 Å². The number of halogens is 1. The standard InChI is InChI=1S/C24H25FN2O/c1-3-7-18-10-12-21(22(25)14-18)19-11-13-23-24(15-19)26-16-20(27-23)9-6-4-5-8-17(2)28/h3,6,9-17,28H,1,4-5,7-8H2,2H3/b9-6+. The van der Waals surface area contributed by atoms with E-state index >= 15 is 0 Å². The van der Waals surface area contributed by atoms with Crippen molar-refractivity contribution in [2.24, 2.45) is 0 Å². The van der Waals surface area contributed by atoms with E-state index in [0.29, 0.717) is 12.0 Å². The third-order valence-corrected chi connectivity index (χ3v) is 4.57. The molecule has 3 aromatic rings. The smallest absolute Gasteiger partial charge is 0.131 e. The van der Waals surface area contributed by atoms with Gasteiger partial charge in [0.1, 0.15) is 5.82 Å². The maximum absolute atomic E-state index is 14.5. The lowest BCUT2D eigenvalue weighted by atomic mass is 10.0. The summed E-state index contributed by atoms with van der Waals surface area (Å²) < 4.78 is 14.5. The molecule has 0 aliphatic rings. The zero-order valence-electron chi connectivity index (χ0n) is 16.1. The molecule has 1 heterocycles. The fourth-order valence-electron chi connectivity index (χ4n) is 3.09. The van der Waals surface area contributed by atoms with E-state index in [1.165, 1.54) is 0 Å². The Kier molecular flexibility index (Phi) is 6.66. The SMILES string of the molecule is C=CCc1ccc(-c2ccc3nc(/C=C/CCCC(C)O)cnc3c2)c(F)c1. The summed E-state index contributed by atoms with van der Waals surface area (Å²) in [6, 6.07) is 10.9. The molecule has 28 heavy (non-hydrogen) atoms. The lowest BCUT2D eigenvalue weighted by Gasteiger charge is -2.07. The van der Waals surface area contributed by atoms with Crippen LogP contribution in [0.5, 0.6) is 0 Å². The molecular formula is C24H25FN2O. The van der Waals surface area contributed by atoms with Crippen LogP contribution in [0.25, 0.3) is 28.2 Å². The van der Waals surface area contributed by atoms with Crippen molar-refractivity contribution in [2.45, 2.75) is 38.7 Å². The van der Waals surface area contributed by atoms with Crippen molar-refractivity contribution in [1.82, 2.24) is 9.97 Å². The van der Waals surface area contributed by atoms with Crippen LogP contribution in [0, 0.1) is 5.82 Å². The van der Waals surface area contributed by atoms with Gasteiger partial charge in [0.15, 0.2) is 0 Å². The van der Waals surface area contributed by atoms with Gasteiger partial charge in [0.25, 0.3) is 0 Å². The van der Waals surface area contributed by atoms with Gasteiger partial charge in [0, 0.05) is 5.56 Å². The largest absolute Gasteiger partial charge is 0.393 e. The number of allylic oxidation sites excluding steroid dienone is 2. The van der Waals surface area contributed by atoms with Gasteiger partial charge >= 0.3 is 0 Å². The average Bonchev–Trinajstić information content (AvgIpc) is 2.67. The Morgan fingerprint density at radius 2 is 2.04 bits per heavy atom. The Balaban J connectivity index is 1.78. The van der Waals surface area contributed by atoms with Crippen molar-refractivity contribution < 1.29 is 9.50 Å².